The fourth-order valence-electron chi connectivity index (χ4n) is 4.00. The lowest BCUT2D eigenvalue weighted by molar-refractivity contribution is -0.149. The quantitative estimate of drug-likeness (QED) is 0.934. The third-order valence-electron chi connectivity index (χ3n) is 5.33. The molecule has 0 bridgehead atoms. The SMILES string of the molecule is CC(C(=O)N1C[C@@H]2CCC[C@@]2(C(=O)O)C1)c1cccc(F)c1. The number of rotatable bonds is 3. The van der Waals surface area contributed by atoms with E-state index in [1.54, 1.807) is 24.0 Å². The van der Waals surface area contributed by atoms with Crippen molar-refractivity contribution in [2.75, 3.05) is 13.1 Å². The van der Waals surface area contributed by atoms with Gasteiger partial charge in [0.2, 0.25) is 5.91 Å². The Morgan fingerprint density at radius 3 is 2.86 bits per heavy atom. The molecule has 1 aromatic rings. The number of carbonyl (C=O) groups is 2. The molecular weight excluding hydrogens is 285 g/mol. The summed E-state index contributed by atoms with van der Waals surface area (Å²) in [6, 6.07) is 6.04. The highest BCUT2D eigenvalue weighted by Crippen LogP contribution is 2.49. The van der Waals surface area contributed by atoms with Crippen molar-refractivity contribution in [3.05, 3.63) is 35.6 Å². The number of halogens is 1. The van der Waals surface area contributed by atoms with Gasteiger partial charge in [-0.25, -0.2) is 4.39 Å². The highest BCUT2D eigenvalue weighted by Gasteiger charge is 2.56. The summed E-state index contributed by atoms with van der Waals surface area (Å²) in [5.74, 6) is -1.67. The summed E-state index contributed by atoms with van der Waals surface area (Å²) in [6.45, 7) is 2.54. The van der Waals surface area contributed by atoms with E-state index in [1.807, 2.05) is 0 Å². The second-order valence-corrected chi connectivity index (χ2v) is 6.55. The van der Waals surface area contributed by atoms with E-state index in [-0.39, 0.29) is 24.2 Å². The number of carboxylic acids is 1. The van der Waals surface area contributed by atoms with Crippen molar-refractivity contribution in [3.8, 4) is 0 Å². The van der Waals surface area contributed by atoms with Gasteiger partial charge in [0.25, 0.3) is 0 Å². The average Bonchev–Trinajstić information content (AvgIpc) is 3.03. The van der Waals surface area contributed by atoms with Crippen LogP contribution in [0.4, 0.5) is 4.39 Å². The molecule has 4 nitrogen and oxygen atoms in total. The van der Waals surface area contributed by atoms with Crippen molar-refractivity contribution < 1.29 is 19.1 Å². The first-order chi connectivity index (χ1) is 10.4. The highest BCUT2D eigenvalue weighted by atomic mass is 19.1. The zero-order valence-corrected chi connectivity index (χ0v) is 12.6. The van der Waals surface area contributed by atoms with Crippen molar-refractivity contribution in [2.45, 2.75) is 32.1 Å². The second kappa shape index (κ2) is 5.38. The Morgan fingerprint density at radius 2 is 2.23 bits per heavy atom. The summed E-state index contributed by atoms with van der Waals surface area (Å²) in [5, 5.41) is 9.58. The summed E-state index contributed by atoms with van der Waals surface area (Å²) < 4.78 is 13.3. The van der Waals surface area contributed by atoms with Gasteiger partial charge >= 0.3 is 5.97 Å². The third kappa shape index (κ3) is 2.28. The minimum Gasteiger partial charge on any atom is -0.481 e. The molecule has 1 saturated heterocycles. The summed E-state index contributed by atoms with van der Waals surface area (Å²) in [7, 11) is 0. The van der Waals surface area contributed by atoms with Crippen LogP contribution in [0, 0.1) is 17.2 Å². The first-order valence-corrected chi connectivity index (χ1v) is 7.72. The Hall–Kier alpha value is -1.91. The molecule has 22 heavy (non-hydrogen) atoms. The first-order valence-electron chi connectivity index (χ1n) is 7.72. The molecule has 1 saturated carbocycles. The van der Waals surface area contributed by atoms with E-state index in [9.17, 15) is 19.1 Å². The van der Waals surface area contributed by atoms with E-state index >= 15 is 0 Å². The average molecular weight is 305 g/mol. The van der Waals surface area contributed by atoms with Crippen LogP contribution in [0.1, 0.15) is 37.7 Å². The lowest BCUT2D eigenvalue weighted by atomic mass is 9.81. The molecular formula is C17H20FNO3. The Kier molecular flexibility index (Phi) is 3.67. The Balaban J connectivity index is 1.78. The van der Waals surface area contributed by atoms with Crippen LogP contribution in [0.25, 0.3) is 0 Å². The lowest BCUT2D eigenvalue weighted by Gasteiger charge is -2.25. The summed E-state index contributed by atoms with van der Waals surface area (Å²) in [4.78, 5) is 26.0. The minimum absolute atomic E-state index is 0.0497. The maximum Gasteiger partial charge on any atom is 0.311 e. The second-order valence-electron chi connectivity index (χ2n) is 6.55. The topological polar surface area (TPSA) is 57.6 Å². The molecule has 1 aliphatic carbocycles. The zero-order valence-electron chi connectivity index (χ0n) is 12.6. The van der Waals surface area contributed by atoms with E-state index in [1.165, 1.54) is 12.1 Å². The molecule has 1 aliphatic heterocycles. The van der Waals surface area contributed by atoms with Crippen molar-refractivity contribution >= 4 is 11.9 Å². The predicted molar refractivity (Wildman–Crippen MR) is 78.8 cm³/mol. The van der Waals surface area contributed by atoms with Gasteiger partial charge in [-0.2, -0.15) is 0 Å². The van der Waals surface area contributed by atoms with Gasteiger partial charge in [0.1, 0.15) is 5.82 Å². The Bertz CT molecular complexity index is 618. The standard InChI is InChI=1S/C17H20FNO3/c1-11(12-4-2-6-14(18)8-12)15(20)19-9-13-5-3-7-17(13,10-19)16(21)22/h2,4,6,8,11,13H,3,5,7,9-10H2,1H3,(H,21,22)/t11?,13-,17+/m0/s1. The van der Waals surface area contributed by atoms with E-state index in [0.717, 1.165) is 12.8 Å². The summed E-state index contributed by atoms with van der Waals surface area (Å²) >= 11 is 0. The maximum atomic E-state index is 13.3. The first kappa shape index (κ1) is 15.0. The Morgan fingerprint density at radius 1 is 1.45 bits per heavy atom. The van der Waals surface area contributed by atoms with Gasteiger partial charge in [-0.1, -0.05) is 18.6 Å². The molecule has 0 aromatic heterocycles. The Labute approximate surface area is 128 Å². The van der Waals surface area contributed by atoms with E-state index in [2.05, 4.69) is 0 Å². The molecule has 3 atom stereocenters. The molecule has 2 fully saturated rings. The summed E-state index contributed by atoms with van der Waals surface area (Å²) in [5.41, 5.74) is -0.136. The fourth-order valence-corrected chi connectivity index (χ4v) is 4.00. The molecule has 118 valence electrons. The minimum atomic E-state index is -0.788. The third-order valence-corrected chi connectivity index (χ3v) is 5.33. The van der Waals surface area contributed by atoms with Gasteiger partial charge in [0.05, 0.1) is 11.3 Å². The largest absolute Gasteiger partial charge is 0.481 e. The van der Waals surface area contributed by atoms with Gasteiger partial charge in [-0.05, 0) is 43.4 Å². The molecule has 0 radical (unpaired) electrons. The smallest absolute Gasteiger partial charge is 0.311 e. The number of carboxylic acid groups (broad SMARTS) is 1. The van der Waals surface area contributed by atoms with E-state index in [0.29, 0.717) is 18.5 Å². The number of aliphatic carboxylic acids is 1. The zero-order chi connectivity index (χ0) is 15.9. The number of benzene rings is 1. The monoisotopic (exact) mass is 305 g/mol. The van der Waals surface area contributed by atoms with Crippen LogP contribution in [0.2, 0.25) is 0 Å². The number of hydrogen-bond donors (Lipinski definition) is 1. The van der Waals surface area contributed by atoms with Crippen LogP contribution in [0.15, 0.2) is 24.3 Å². The molecule has 0 spiro atoms. The van der Waals surface area contributed by atoms with Crippen LogP contribution in [-0.4, -0.2) is 35.0 Å². The maximum absolute atomic E-state index is 13.3. The predicted octanol–water partition coefficient (Wildman–Crippen LogP) is 2.64. The van der Waals surface area contributed by atoms with Crippen LogP contribution >= 0.6 is 0 Å². The van der Waals surface area contributed by atoms with Gasteiger partial charge < -0.3 is 10.0 Å². The van der Waals surface area contributed by atoms with Crippen LogP contribution in [-0.2, 0) is 9.59 Å². The van der Waals surface area contributed by atoms with Crippen LogP contribution < -0.4 is 0 Å². The molecule has 1 aromatic carbocycles. The van der Waals surface area contributed by atoms with E-state index in [4.69, 9.17) is 0 Å². The van der Waals surface area contributed by atoms with Crippen molar-refractivity contribution in [1.82, 2.24) is 4.90 Å². The highest BCUT2D eigenvalue weighted by molar-refractivity contribution is 5.85. The molecule has 5 heteroatoms. The summed E-state index contributed by atoms with van der Waals surface area (Å²) in [6.07, 6.45) is 2.42. The van der Waals surface area contributed by atoms with Gasteiger partial charge in [-0.15, -0.1) is 0 Å². The lowest BCUT2D eigenvalue weighted by Crippen LogP contribution is -2.38. The molecule has 1 unspecified atom stereocenters. The number of carbonyl (C=O) groups excluding carboxylic acids is 1. The number of hydrogen-bond acceptors (Lipinski definition) is 2. The van der Waals surface area contributed by atoms with Crippen LogP contribution in [0.5, 0.6) is 0 Å². The van der Waals surface area contributed by atoms with Gasteiger partial charge in [0, 0.05) is 13.1 Å². The molecule has 3 rings (SSSR count). The van der Waals surface area contributed by atoms with Gasteiger partial charge in [-0.3, -0.25) is 9.59 Å². The molecule has 1 N–H and O–H groups in total. The van der Waals surface area contributed by atoms with Crippen molar-refractivity contribution in [3.63, 3.8) is 0 Å². The van der Waals surface area contributed by atoms with Crippen LogP contribution in [0.3, 0.4) is 0 Å². The number of fused-ring (bicyclic) bond motifs is 1. The van der Waals surface area contributed by atoms with Crippen molar-refractivity contribution in [2.24, 2.45) is 11.3 Å². The molecule has 1 heterocycles. The number of nitrogens with zero attached hydrogens (tertiary/aromatic N) is 1. The molecule has 2 aliphatic rings. The fraction of sp³-hybridized carbons (Fsp3) is 0.529. The van der Waals surface area contributed by atoms with Gasteiger partial charge in [0.15, 0.2) is 0 Å². The van der Waals surface area contributed by atoms with Crippen molar-refractivity contribution in [1.29, 1.82) is 0 Å². The molecule has 1 amide bonds. The number of amides is 1. The number of likely N-dealkylation sites (tertiary alicyclic amines) is 1. The van der Waals surface area contributed by atoms with E-state index < -0.39 is 17.3 Å². The normalized spacial score (nSPS) is 28.5.